The number of nitrogens with one attached hydrogen (secondary N) is 2. The van der Waals surface area contributed by atoms with Gasteiger partial charge in [0.05, 0.1) is 52.3 Å². The molecule has 0 aliphatic carbocycles. The van der Waals surface area contributed by atoms with Crippen molar-refractivity contribution in [2.24, 2.45) is 16.8 Å². The Labute approximate surface area is 285 Å². The van der Waals surface area contributed by atoms with E-state index in [0.29, 0.717) is 87.6 Å². The molecule has 0 fully saturated rings. The molecule has 0 radical (unpaired) electrons. The fraction of sp³-hybridized carbons (Fsp3) is 0.429. The molecule has 2 aliphatic rings. The highest BCUT2D eigenvalue weighted by Crippen LogP contribution is 2.56. The lowest BCUT2D eigenvalue weighted by Crippen LogP contribution is -2.36. The Morgan fingerprint density at radius 2 is 1.61 bits per heavy atom. The SMILES string of the molecule is CC(C)C[C@H](N)C(=O)Nc1ccc2c(c1)Oc1cc(N)ccc1C21OCc2cc(C(=O)NCCOCCOCCOCCN=[N+]=[N-])ccc21. The lowest BCUT2D eigenvalue weighted by atomic mass is 9.77. The van der Waals surface area contributed by atoms with E-state index < -0.39 is 11.6 Å². The molecule has 0 aromatic heterocycles. The van der Waals surface area contributed by atoms with Crippen molar-refractivity contribution in [3.63, 3.8) is 0 Å². The van der Waals surface area contributed by atoms with Gasteiger partial charge in [-0.3, -0.25) is 9.59 Å². The van der Waals surface area contributed by atoms with Gasteiger partial charge in [0, 0.05) is 58.2 Å². The third-order valence-electron chi connectivity index (χ3n) is 8.16. The van der Waals surface area contributed by atoms with Crippen LogP contribution in [0.4, 0.5) is 11.4 Å². The highest BCUT2D eigenvalue weighted by molar-refractivity contribution is 5.95. The highest BCUT2D eigenvalue weighted by Gasteiger charge is 2.49. The minimum atomic E-state index is -1.01. The summed E-state index contributed by atoms with van der Waals surface area (Å²) < 4.78 is 29.2. The second-order valence-electron chi connectivity index (χ2n) is 12.2. The van der Waals surface area contributed by atoms with Crippen molar-refractivity contribution in [3.05, 3.63) is 92.9 Å². The first-order chi connectivity index (χ1) is 23.7. The Morgan fingerprint density at radius 1 is 0.939 bits per heavy atom. The van der Waals surface area contributed by atoms with Gasteiger partial charge in [-0.25, -0.2) is 0 Å². The summed E-state index contributed by atoms with van der Waals surface area (Å²) in [4.78, 5) is 28.5. The monoisotopic (exact) mass is 673 g/mol. The number of hydrogen-bond acceptors (Lipinski definition) is 10. The Balaban J connectivity index is 1.22. The third-order valence-corrected chi connectivity index (χ3v) is 8.16. The van der Waals surface area contributed by atoms with Crippen LogP contribution in [0.15, 0.2) is 59.7 Å². The van der Waals surface area contributed by atoms with E-state index in [1.165, 1.54) is 0 Å². The maximum absolute atomic E-state index is 13.0. The molecule has 1 spiro atoms. The number of hydrogen-bond donors (Lipinski definition) is 4. The number of anilines is 2. The van der Waals surface area contributed by atoms with Crippen molar-refractivity contribution in [1.29, 1.82) is 0 Å². The van der Waals surface area contributed by atoms with Crippen LogP contribution in [-0.4, -0.2) is 70.6 Å². The number of carbonyl (C=O) groups excluding carboxylic acids is 2. The molecular weight excluding hydrogens is 630 g/mol. The third kappa shape index (κ3) is 8.49. The molecule has 2 amide bonds. The molecule has 49 heavy (non-hydrogen) atoms. The molecular formula is C35H43N7O7. The zero-order valence-electron chi connectivity index (χ0n) is 27.8. The van der Waals surface area contributed by atoms with Gasteiger partial charge in [0.1, 0.15) is 11.5 Å². The first-order valence-corrected chi connectivity index (χ1v) is 16.3. The summed E-state index contributed by atoms with van der Waals surface area (Å²) in [5, 5.41) is 9.19. The van der Waals surface area contributed by atoms with Gasteiger partial charge < -0.3 is 45.8 Å². The fourth-order valence-electron chi connectivity index (χ4n) is 5.94. The summed E-state index contributed by atoms with van der Waals surface area (Å²) in [7, 11) is 0. The quantitative estimate of drug-likeness (QED) is 0.0519. The van der Waals surface area contributed by atoms with Gasteiger partial charge in [-0.15, -0.1) is 0 Å². The Hall–Kier alpha value is -4.69. The van der Waals surface area contributed by atoms with E-state index in [0.717, 1.165) is 22.3 Å². The summed E-state index contributed by atoms with van der Waals surface area (Å²) in [5.74, 6) is 0.855. The van der Waals surface area contributed by atoms with Gasteiger partial charge in [0.15, 0.2) is 5.60 Å². The van der Waals surface area contributed by atoms with Crippen LogP contribution in [0.25, 0.3) is 10.4 Å². The van der Waals surface area contributed by atoms with Crippen molar-refractivity contribution >= 4 is 23.2 Å². The standard InChI is InChI=1S/C35H43N7O7/c1-22(2)17-30(37)34(44)41-26-5-8-29-32(20-26)49-31-19-25(36)4-7-28(31)35(29)27-6-3-23(18-24(27)21-48-35)33(43)39-9-11-45-13-15-47-16-14-46-12-10-40-42-38/h3-8,18-20,22,30H,9-17,21,36-37H2,1-2H3,(H,39,43)(H,41,44)/t30-,35?/m0/s1. The fourth-order valence-corrected chi connectivity index (χ4v) is 5.94. The largest absolute Gasteiger partial charge is 0.456 e. The molecule has 0 saturated heterocycles. The topological polar surface area (TPSA) is 205 Å². The van der Waals surface area contributed by atoms with Crippen LogP contribution in [0.5, 0.6) is 11.5 Å². The van der Waals surface area contributed by atoms with Gasteiger partial charge in [0.2, 0.25) is 5.91 Å². The van der Waals surface area contributed by atoms with E-state index in [9.17, 15) is 9.59 Å². The molecule has 6 N–H and O–H groups in total. The Kier molecular flexibility index (Phi) is 12.1. The number of nitrogen functional groups attached to an aromatic ring is 1. The second kappa shape index (κ2) is 16.6. The van der Waals surface area contributed by atoms with Crippen LogP contribution in [0.3, 0.4) is 0 Å². The number of carbonyl (C=O) groups is 2. The maximum Gasteiger partial charge on any atom is 0.251 e. The predicted octanol–water partition coefficient (Wildman–Crippen LogP) is 4.60. The van der Waals surface area contributed by atoms with Crippen molar-refractivity contribution in [2.45, 2.75) is 38.5 Å². The number of nitrogens with zero attached hydrogens (tertiary/aromatic N) is 3. The molecule has 1 unspecified atom stereocenters. The maximum atomic E-state index is 13.0. The lowest BCUT2D eigenvalue weighted by molar-refractivity contribution is -0.117. The summed E-state index contributed by atoms with van der Waals surface area (Å²) in [5.41, 5.74) is 24.4. The number of amides is 2. The minimum Gasteiger partial charge on any atom is -0.456 e. The van der Waals surface area contributed by atoms with Crippen molar-refractivity contribution in [1.82, 2.24) is 5.32 Å². The molecule has 3 aromatic carbocycles. The Bertz CT molecular complexity index is 1690. The van der Waals surface area contributed by atoms with Crippen LogP contribution in [0.1, 0.15) is 52.9 Å². The molecule has 260 valence electrons. The van der Waals surface area contributed by atoms with Gasteiger partial charge in [-0.2, -0.15) is 0 Å². The second-order valence-corrected chi connectivity index (χ2v) is 12.2. The molecule has 14 nitrogen and oxygen atoms in total. The van der Waals surface area contributed by atoms with E-state index in [1.807, 2.05) is 50.2 Å². The smallest absolute Gasteiger partial charge is 0.251 e. The average molecular weight is 674 g/mol. The molecule has 3 aromatic rings. The van der Waals surface area contributed by atoms with Crippen LogP contribution in [0.2, 0.25) is 0 Å². The molecule has 2 aliphatic heterocycles. The molecule has 14 heteroatoms. The number of fused-ring (bicyclic) bond motifs is 6. The van der Waals surface area contributed by atoms with Crippen LogP contribution < -0.4 is 26.8 Å². The average Bonchev–Trinajstić information content (AvgIpc) is 3.45. The van der Waals surface area contributed by atoms with E-state index >= 15 is 0 Å². The summed E-state index contributed by atoms with van der Waals surface area (Å²) in [6.07, 6.45) is 0.567. The summed E-state index contributed by atoms with van der Waals surface area (Å²) in [6, 6.07) is 15.9. The van der Waals surface area contributed by atoms with E-state index in [2.05, 4.69) is 20.7 Å². The highest BCUT2D eigenvalue weighted by atomic mass is 16.5. The summed E-state index contributed by atoms with van der Waals surface area (Å²) >= 11 is 0. The van der Waals surface area contributed by atoms with Gasteiger partial charge in [-0.1, -0.05) is 25.0 Å². The number of rotatable bonds is 17. The summed E-state index contributed by atoms with van der Waals surface area (Å²) in [6.45, 7) is 7.20. The number of benzene rings is 3. The van der Waals surface area contributed by atoms with E-state index in [1.54, 1.807) is 18.2 Å². The zero-order chi connectivity index (χ0) is 34.8. The molecule has 5 rings (SSSR count). The molecule has 0 saturated carbocycles. The predicted molar refractivity (Wildman–Crippen MR) is 183 cm³/mol. The van der Waals surface area contributed by atoms with Gasteiger partial charge in [-0.05, 0) is 65.4 Å². The van der Waals surface area contributed by atoms with Crippen LogP contribution in [-0.2, 0) is 35.9 Å². The van der Waals surface area contributed by atoms with Gasteiger partial charge >= 0.3 is 0 Å². The molecule has 0 bridgehead atoms. The number of ether oxygens (including phenoxy) is 5. The zero-order valence-corrected chi connectivity index (χ0v) is 27.8. The number of nitrogens with two attached hydrogens (primary N) is 2. The van der Waals surface area contributed by atoms with Crippen molar-refractivity contribution < 1.29 is 33.3 Å². The van der Waals surface area contributed by atoms with Crippen molar-refractivity contribution in [2.75, 3.05) is 63.8 Å². The van der Waals surface area contributed by atoms with E-state index in [4.69, 9.17) is 40.7 Å². The normalized spacial score (nSPS) is 16.2. The van der Waals surface area contributed by atoms with Crippen LogP contribution in [0, 0.1) is 5.92 Å². The first kappa shape index (κ1) is 35.6. The molecule has 2 atom stereocenters. The first-order valence-electron chi connectivity index (χ1n) is 16.3. The van der Waals surface area contributed by atoms with E-state index in [-0.39, 0.29) is 24.3 Å². The molecule has 2 heterocycles. The Morgan fingerprint density at radius 3 is 2.35 bits per heavy atom. The minimum absolute atomic E-state index is 0.224. The van der Waals surface area contributed by atoms with Gasteiger partial charge in [0.25, 0.3) is 5.91 Å². The lowest BCUT2D eigenvalue weighted by Gasteiger charge is -2.37. The van der Waals surface area contributed by atoms with Crippen molar-refractivity contribution in [3.8, 4) is 11.5 Å². The number of azide groups is 1. The van der Waals surface area contributed by atoms with Crippen LogP contribution >= 0.6 is 0 Å².